The van der Waals surface area contributed by atoms with Gasteiger partial charge in [-0.05, 0) is 12.3 Å². The molecule has 0 aliphatic carbocycles. The van der Waals surface area contributed by atoms with Gasteiger partial charge in [0.15, 0.2) is 9.84 Å². The van der Waals surface area contributed by atoms with E-state index in [2.05, 4.69) is 0 Å². The normalized spacial score (nSPS) is 23.9. The van der Waals surface area contributed by atoms with E-state index in [0.29, 0.717) is 6.42 Å². The second kappa shape index (κ2) is 6.40. The summed E-state index contributed by atoms with van der Waals surface area (Å²) >= 11 is 0. The summed E-state index contributed by atoms with van der Waals surface area (Å²) in [6.45, 7) is 3.64. The van der Waals surface area contributed by atoms with Crippen LogP contribution in [0.5, 0.6) is 0 Å². The van der Waals surface area contributed by atoms with Crippen molar-refractivity contribution in [2.45, 2.75) is 32.7 Å². The Bertz CT molecular complexity index is 551. The van der Waals surface area contributed by atoms with Crippen molar-refractivity contribution in [2.75, 3.05) is 23.8 Å². The Labute approximate surface area is 119 Å². The van der Waals surface area contributed by atoms with Crippen molar-refractivity contribution < 1.29 is 26.7 Å². The molecule has 1 N–H and O–H groups in total. The minimum atomic E-state index is -3.62. The van der Waals surface area contributed by atoms with Crippen LogP contribution >= 0.6 is 0 Å². The molecule has 0 bridgehead atoms. The zero-order valence-corrected chi connectivity index (χ0v) is 13.3. The maximum atomic E-state index is 12.2. The summed E-state index contributed by atoms with van der Waals surface area (Å²) in [6, 6.07) is -0.997. The molecule has 0 aromatic carbocycles. The molecule has 1 fully saturated rings. The molecule has 0 spiro atoms. The number of nitrogens with zero attached hydrogens (tertiary/aromatic N) is 1. The molecule has 1 atom stereocenters. The van der Waals surface area contributed by atoms with Crippen LogP contribution in [0.4, 0.5) is 0 Å². The fourth-order valence-electron chi connectivity index (χ4n) is 2.10. The molecule has 7 nitrogen and oxygen atoms in total. The molecule has 1 saturated heterocycles. The molecule has 0 aromatic rings. The highest BCUT2D eigenvalue weighted by Crippen LogP contribution is 2.20. The maximum absolute atomic E-state index is 12.2. The number of carbonyl (C=O) groups is 1. The minimum absolute atomic E-state index is 0.0825. The Morgan fingerprint density at radius 2 is 2.00 bits per heavy atom. The van der Waals surface area contributed by atoms with Crippen LogP contribution in [0.15, 0.2) is 0 Å². The van der Waals surface area contributed by atoms with Gasteiger partial charge in [0.05, 0.1) is 23.7 Å². The summed E-state index contributed by atoms with van der Waals surface area (Å²) in [4.78, 5) is 10.8. The molecule has 1 heterocycles. The van der Waals surface area contributed by atoms with Crippen LogP contribution in [0.25, 0.3) is 0 Å². The first-order valence-corrected chi connectivity index (χ1v) is 9.88. The number of sulfonamides is 1. The van der Waals surface area contributed by atoms with Crippen LogP contribution in [0.3, 0.4) is 0 Å². The number of hydrogen-bond acceptors (Lipinski definition) is 5. The van der Waals surface area contributed by atoms with Crippen molar-refractivity contribution in [1.29, 1.82) is 0 Å². The third-order valence-electron chi connectivity index (χ3n) is 3.20. The van der Waals surface area contributed by atoms with E-state index in [1.807, 2.05) is 13.8 Å². The number of aliphatic carboxylic acids is 1. The van der Waals surface area contributed by atoms with Gasteiger partial charge >= 0.3 is 5.97 Å². The zero-order chi connectivity index (χ0) is 15.6. The molecule has 118 valence electrons. The van der Waals surface area contributed by atoms with E-state index >= 15 is 0 Å². The predicted molar refractivity (Wildman–Crippen MR) is 74.6 cm³/mol. The Hall–Kier alpha value is -0.670. The van der Waals surface area contributed by atoms with Gasteiger partial charge in [-0.3, -0.25) is 4.79 Å². The summed E-state index contributed by atoms with van der Waals surface area (Å²) in [5.74, 6) is -1.74. The molecular weight excluding hydrogens is 306 g/mol. The van der Waals surface area contributed by atoms with Crippen LogP contribution < -0.4 is 0 Å². The van der Waals surface area contributed by atoms with Gasteiger partial charge in [-0.15, -0.1) is 0 Å². The van der Waals surface area contributed by atoms with E-state index in [4.69, 9.17) is 5.11 Å². The molecule has 0 radical (unpaired) electrons. The second-order valence-electron chi connectivity index (χ2n) is 5.48. The number of carboxylic acids is 1. The van der Waals surface area contributed by atoms with Gasteiger partial charge < -0.3 is 5.11 Å². The topological polar surface area (TPSA) is 109 Å². The van der Waals surface area contributed by atoms with Gasteiger partial charge in [-0.25, -0.2) is 16.8 Å². The van der Waals surface area contributed by atoms with Gasteiger partial charge in [-0.2, -0.15) is 4.31 Å². The number of rotatable bonds is 6. The summed E-state index contributed by atoms with van der Waals surface area (Å²) in [6.07, 6.45) is -0.0223. The molecule has 1 unspecified atom stereocenters. The van der Waals surface area contributed by atoms with Gasteiger partial charge in [0.2, 0.25) is 10.0 Å². The minimum Gasteiger partial charge on any atom is -0.481 e. The van der Waals surface area contributed by atoms with Crippen LogP contribution in [0.1, 0.15) is 26.7 Å². The average molecular weight is 327 g/mol. The fraction of sp³-hybridized carbons (Fsp3) is 0.909. The lowest BCUT2D eigenvalue weighted by atomic mass is 10.2. The molecule has 1 aliphatic heterocycles. The number of carboxylic acid groups (broad SMARTS) is 1. The van der Waals surface area contributed by atoms with Crippen LogP contribution in [-0.4, -0.2) is 62.1 Å². The third kappa shape index (κ3) is 5.02. The Kier molecular flexibility index (Phi) is 5.56. The van der Waals surface area contributed by atoms with E-state index in [9.17, 15) is 21.6 Å². The fourth-order valence-corrected chi connectivity index (χ4v) is 5.81. The average Bonchev–Trinajstić information content (AvgIpc) is 2.24. The predicted octanol–water partition coefficient (Wildman–Crippen LogP) is -0.0640. The largest absolute Gasteiger partial charge is 0.481 e. The lowest BCUT2D eigenvalue weighted by molar-refractivity contribution is -0.137. The highest BCUT2D eigenvalue weighted by atomic mass is 32.2. The molecule has 20 heavy (non-hydrogen) atoms. The number of sulfone groups is 1. The molecule has 0 amide bonds. The van der Waals surface area contributed by atoms with Crippen LogP contribution in [-0.2, 0) is 24.7 Å². The molecule has 0 saturated carbocycles. The maximum Gasteiger partial charge on any atom is 0.305 e. The van der Waals surface area contributed by atoms with Crippen LogP contribution in [0.2, 0.25) is 0 Å². The van der Waals surface area contributed by atoms with Crippen molar-refractivity contribution in [2.24, 2.45) is 5.92 Å². The number of hydrogen-bond donors (Lipinski definition) is 1. The first-order chi connectivity index (χ1) is 9.03. The SMILES string of the molecule is CC(C)CCS(=O)(=O)N1CCS(=O)(=O)CC1CC(=O)O. The van der Waals surface area contributed by atoms with Crippen molar-refractivity contribution >= 4 is 25.8 Å². The Morgan fingerprint density at radius 3 is 2.50 bits per heavy atom. The molecule has 9 heteroatoms. The van der Waals surface area contributed by atoms with Crippen molar-refractivity contribution in [1.82, 2.24) is 4.31 Å². The Balaban J connectivity index is 2.92. The van der Waals surface area contributed by atoms with Gasteiger partial charge in [0.1, 0.15) is 0 Å². The van der Waals surface area contributed by atoms with Gasteiger partial charge in [0, 0.05) is 12.6 Å². The smallest absolute Gasteiger partial charge is 0.305 e. The summed E-state index contributed by atoms with van der Waals surface area (Å²) in [7, 11) is -6.99. The van der Waals surface area contributed by atoms with E-state index in [1.54, 1.807) is 0 Å². The van der Waals surface area contributed by atoms with Gasteiger partial charge in [0.25, 0.3) is 0 Å². The molecule has 0 aromatic heterocycles. The van der Waals surface area contributed by atoms with Crippen molar-refractivity contribution in [3.63, 3.8) is 0 Å². The third-order valence-corrected chi connectivity index (χ3v) is 6.84. The van der Waals surface area contributed by atoms with E-state index in [0.717, 1.165) is 4.31 Å². The monoisotopic (exact) mass is 327 g/mol. The van der Waals surface area contributed by atoms with Crippen molar-refractivity contribution in [3.05, 3.63) is 0 Å². The molecular formula is C11H21NO6S2. The summed E-state index contributed by atoms with van der Waals surface area (Å²) < 4.78 is 48.7. The van der Waals surface area contributed by atoms with E-state index in [-0.39, 0.29) is 24.0 Å². The zero-order valence-electron chi connectivity index (χ0n) is 11.6. The highest BCUT2D eigenvalue weighted by Gasteiger charge is 2.38. The lowest BCUT2D eigenvalue weighted by Crippen LogP contribution is -2.52. The second-order valence-corrected chi connectivity index (χ2v) is 9.75. The first-order valence-electron chi connectivity index (χ1n) is 6.45. The van der Waals surface area contributed by atoms with E-state index in [1.165, 1.54) is 0 Å². The standard InChI is InChI=1S/C11H21NO6S2/c1-9(2)3-5-20(17,18)12-4-6-19(15,16)8-10(12)7-11(13)14/h9-10H,3-8H2,1-2H3,(H,13,14). The lowest BCUT2D eigenvalue weighted by Gasteiger charge is -2.33. The quantitative estimate of drug-likeness (QED) is 0.732. The van der Waals surface area contributed by atoms with Crippen molar-refractivity contribution in [3.8, 4) is 0 Å². The summed E-state index contributed by atoms with van der Waals surface area (Å²) in [5, 5.41) is 8.82. The molecule has 1 rings (SSSR count). The van der Waals surface area contributed by atoms with Crippen LogP contribution in [0, 0.1) is 5.92 Å². The molecule has 1 aliphatic rings. The Morgan fingerprint density at radius 1 is 1.40 bits per heavy atom. The van der Waals surface area contributed by atoms with Gasteiger partial charge in [-0.1, -0.05) is 13.8 Å². The summed E-state index contributed by atoms with van der Waals surface area (Å²) in [5.41, 5.74) is 0. The highest BCUT2D eigenvalue weighted by molar-refractivity contribution is 7.92. The first kappa shape index (κ1) is 17.4. The van der Waals surface area contributed by atoms with E-state index < -0.39 is 44.0 Å².